The van der Waals surface area contributed by atoms with Crippen molar-refractivity contribution < 1.29 is 17.5 Å². The van der Waals surface area contributed by atoms with E-state index in [1.165, 1.54) is 10.4 Å². The van der Waals surface area contributed by atoms with E-state index in [1.807, 2.05) is 24.3 Å². The van der Waals surface area contributed by atoms with Gasteiger partial charge in [0.2, 0.25) is 10.0 Å². The van der Waals surface area contributed by atoms with Crippen molar-refractivity contribution in [3.63, 3.8) is 0 Å². The van der Waals surface area contributed by atoms with Gasteiger partial charge in [-0.2, -0.15) is 4.31 Å². The molecular weight excluding hydrogens is 367 g/mol. The van der Waals surface area contributed by atoms with Crippen molar-refractivity contribution in [2.75, 3.05) is 38.2 Å². The number of benzene rings is 2. The van der Waals surface area contributed by atoms with Gasteiger partial charge in [0.1, 0.15) is 11.6 Å². The Kier molecular flexibility index (Phi) is 5.17. The Balaban J connectivity index is 1.76. The van der Waals surface area contributed by atoms with Gasteiger partial charge in [0.25, 0.3) is 0 Å². The van der Waals surface area contributed by atoms with Crippen molar-refractivity contribution in [1.82, 2.24) is 4.31 Å². The number of rotatable bonds is 4. The molecule has 0 radical (unpaired) electrons. The highest BCUT2D eigenvalue weighted by atomic mass is 35.5. The largest absolute Gasteiger partial charge is 0.495 e. The van der Waals surface area contributed by atoms with Crippen LogP contribution in [0.3, 0.4) is 0 Å². The maximum atomic E-state index is 13.3. The summed E-state index contributed by atoms with van der Waals surface area (Å²) in [6, 6.07) is 11.1. The predicted molar refractivity (Wildman–Crippen MR) is 95.4 cm³/mol. The minimum absolute atomic E-state index is 0.00430. The second kappa shape index (κ2) is 7.19. The van der Waals surface area contributed by atoms with Gasteiger partial charge in [-0.25, -0.2) is 12.8 Å². The zero-order valence-electron chi connectivity index (χ0n) is 13.7. The fourth-order valence-electron chi connectivity index (χ4n) is 2.85. The topological polar surface area (TPSA) is 49.9 Å². The third-order valence-electron chi connectivity index (χ3n) is 4.19. The lowest BCUT2D eigenvalue weighted by Crippen LogP contribution is -2.48. The molecule has 0 saturated carbocycles. The minimum atomic E-state index is -3.70. The van der Waals surface area contributed by atoms with Crippen LogP contribution in [-0.4, -0.2) is 46.0 Å². The van der Waals surface area contributed by atoms with Gasteiger partial charge in [-0.3, -0.25) is 0 Å². The van der Waals surface area contributed by atoms with Crippen LogP contribution in [0.1, 0.15) is 0 Å². The maximum Gasteiger partial charge on any atom is 0.243 e. The molecule has 0 unspecified atom stereocenters. The van der Waals surface area contributed by atoms with Crippen LogP contribution in [0, 0.1) is 5.82 Å². The Labute approximate surface area is 151 Å². The molecule has 0 bridgehead atoms. The van der Waals surface area contributed by atoms with Crippen molar-refractivity contribution in [3.05, 3.63) is 53.3 Å². The van der Waals surface area contributed by atoms with Gasteiger partial charge in [0.05, 0.1) is 22.7 Å². The molecule has 2 aromatic rings. The summed E-state index contributed by atoms with van der Waals surface area (Å²) in [4.78, 5) is 2.09. The second-order valence-corrected chi connectivity index (χ2v) is 7.98. The molecule has 0 aromatic heterocycles. The number of nitrogens with zero attached hydrogens (tertiary/aromatic N) is 2. The van der Waals surface area contributed by atoms with E-state index < -0.39 is 15.8 Å². The number of piperazine rings is 1. The van der Waals surface area contributed by atoms with Gasteiger partial charge in [-0.1, -0.05) is 23.7 Å². The minimum Gasteiger partial charge on any atom is -0.495 e. The summed E-state index contributed by atoms with van der Waals surface area (Å²) in [5, 5.41) is -0.200. The van der Waals surface area contributed by atoms with E-state index in [1.54, 1.807) is 7.11 Å². The van der Waals surface area contributed by atoms with Crippen LogP contribution in [-0.2, 0) is 10.0 Å². The number of methoxy groups -OCH3 is 1. The quantitative estimate of drug-likeness (QED) is 0.813. The molecule has 1 heterocycles. The average molecular weight is 385 g/mol. The molecule has 0 N–H and O–H groups in total. The lowest BCUT2D eigenvalue weighted by Gasteiger charge is -2.35. The Morgan fingerprint density at radius 1 is 1.08 bits per heavy atom. The molecule has 5 nitrogen and oxygen atoms in total. The van der Waals surface area contributed by atoms with Gasteiger partial charge in [-0.05, 0) is 30.3 Å². The second-order valence-electron chi connectivity index (χ2n) is 5.64. The van der Waals surface area contributed by atoms with Crippen LogP contribution in [0.5, 0.6) is 5.75 Å². The highest BCUT2D eigenvalue weighted by Gasteiger charge is 2.29. The van der Waals surface area contributed by atoms with E-state index in [2.05, 4.69) is 4.90 Å². The standard InChI is InChI=1S/C17H18ClFN2O3S/c1-24-17-5-3-2-4-16(17)20-8-10-21(11-9-20)25(22,23)13-6-7-15(19)14(18)12-13/h2-7,12H,8-11H2,1H3. The van der Waals surface area contributed by atoms with Crippen molar-refractivity contribution in [3.8, 4) is 5.75 Å². The zero-order valence-corrected chi connectivity index (χ0v) is 15.2. The van der Waals surface area contributed by atoms with Gasteiger partial charge in [-0.15, -0.1) is 0 Å². The number of hydrogen-bond acceptors (Lipinski definition) is 4. The maximum absolute atomic E-state index is 13.3. The number of sulfonamides is 1. The van der Waals surface area contributed by atoms with Crippen LogP contribution in [0.2, 0.25) is 5.02 Å². The highest BCUT2D eigenvalue weighted by molar-refractivity contribution is 7.89. The number of anilines is 1. The predicted octanol–water partition coefficient (Wildman–Crippen LogP) is 3.00. The van der Waals surface area contributed by atoms with Crippen LogP contribution >= 0.6 is 11.6 Å². The molecule has 8 heteroatoms. The Hall–Kier alpha value is -1.83. The first-order valence-corrected chi connectivity index (χ1v) is 9.58. The van der Waals surface area contributed by atoms with Crippen molar-refractivity contribution >= 4 is 27.3 Å². The summed E-state index contributed by atoms with van der Waals surface area (Å²) in [6.45, 7) is 1.73. The first-order valence-electron chi connectivity index (χ1n) is 7.76. The molecule has 1 saturated heterocycles. The monoisotopic (exact) mass is 384 g/mol. The fourth-order valence-corrected chi connectivity index (χ4v) is 4.54. The summed E-state index contributed by atoms with van der Waals surface area (Å²) in [6.07, 6.45) is 0. The third-order valence-corrected chi connectivity index (χ3v) is 6.38. The molecule has 0 spiro atoms. The van der Waals surface area contributed by atoms with E-state index in [4.69, 9.17) is 16.3 Å². The van der Waals surface area contributed by atoms with E-state index >= 15 is 0 Å². The van der Waals surface area contributed by atoms with E-state index in [-0.39, 0.29) is 9.92 Å². The van der Waals surface area contributed by atoms with Crippen LogP contribution in [0.4, 0.5) is 10.1 Å². The van der Waals surface area contributed by atoms with Gasteiger partial charge in [0.15, 0.2) is 0 Å². The first-order chi connectivity index (χ1) is 11.9. The van der Waals surface area contributed by atoms with Gasteiger partial charge < -0.3 is 9.64 Å². The number of ether oxygens (including phenoxy) is 1. The number of halogens is 2. The molecule has 1 aliphatic heterocycles. The highest BCUT2D eigenvalue weighted by Crippen LogP contribution is 2.29. The summed E-state index contributed by atoms with van der Waals surface area (Å²) in [7, 11) is -2.09. The van der Waals surface area contributed by atoms with Crippen LogP contribution in [0.15, 0.2) is 47.4 Å². The summed E-state index contributed by atoms with van der Waals surface area (Å²) >= 11 is 5.72. The van der Waals surface area contributed by atoms with Crippen molar-refractivity contribution in [2.24, 2.45) is 0 Å². The van der Waals surface area contributed by atoms with E-state index in [0.29, 0.717) is 26.2 Å². The summed E-state index contributed by atoms with van der Waals surface area (Å²) < 4.78 is 45.5. The van der Waals surface area contributed by atoms with E-state index in [0.717, 1.165) is 23.6 Å². The zero-order chi connectivity index (χ0) is 18.0. The smallest absolute Gasteiger partial charge is 0.243 e. The Morgan fingerprint density at radius 2 is 1.76 bits per heavy atom. The average Bonchev–Trinajstić information content (AvgIpc) is 2.64. The molecule has 2 aromatic carbocycles. The Bertz CT molecular complexity index is 868. The number of hydrogen-bond donors (Lipinski definition) is 0. The first kappa shape index (κ1) is 18.0. The normalized spacial score (nSPS) is 16.0. The summed E-state index contributed by atoms with van der Waals surface area (Å²) in [5.74, 6) is 0.116. The summed E-state index contributed by atoms with van der Waals surface area (Å²) in [5.41, 5.74) is 0.937. The van der Waals surface area contributed by atoms with E-state index in [9.17, 15) is 12.8 Å². The molecule has 3 rings (SSSR count). The van der Waals surface area contributed by atoms with Gasteiger partial charge >= 0.3 is 0 Å². The fraction of sp³-hybridized carbons (Fsp3) is 0.294. The van der Waals surface area contributed by atoms with Crippen LogP contribution < -0.4 is 9.64 Å². The molecule has 1 fully saturated rings. The Morgan fingerprint density at radius 3 is 2.40 bits per heavy atom. The number of para-hydroxylation sites is 2. The van der Waals surface area contributed by atoms with Crippen LogP contribution in [0.25, 0.3) is 0 Å². The third kappa shape index (κ3) is 3.58. The SMILES string of the molecule is COc1ccccc1N1CCN(S(=O)(=O)c2ccc(F)c(Cl)c2)CC1. The molecule has 0 aliphatic carbocycles. The van der Waals surface area contributed by atoms with Crippen molar-refractivity contribution in [1.29, 1.82) is 0 Å². The lowest BCUT2D eigenvalue weighted by atomic mass is 10.2. The lowest BCUT2D eigenvalue weighted by molar-refractivity contribution is 0.378. The van der Waals surface area contributed by atoms with Crippen molar-refractivity contribution in [2.45, 2.75) is 4.90 Å². The molecule has 0 amide bonds. The molecule has 134 valence electrons. The molecule has 1 aliphatic rings. The molecule has 25 heavy (non-hydrogen) atoms. The molecular formula is C17H18ClFN2O3S. The van der Waals surface area contributed by atoms with Gasteiger partial charge in [0, 0.05) is 26.2 Å². The molecule has 0 atom stereocenters.